The van der Waals surface area contributed by atoms with E-state index in [0.29, 0.717) is 6.42 Å². The summed E-state index contributed by atoms with van der Waals surface area (Å²) in [6.07, 6.45) is 8.06. The van der Waals surface area contributed by atoms with Crippen molar-refractivity contribution in [1.82, 2.24) is 4.98 Å². The molecule has 4 heteroatoms. The van der Waals surface area contributed by atoms with E-state index in [-0.39, 0.29) is 5.97 Å². The van der Waals surface area contributed by atoms with Crippen molar-refractivity contribution < 1.29 is 9.53 Å². The minimum atomic E-state index is -0.791. The van der Waals surface area contributed by atoms with Gasteiger partial charge in [0.1, 0.15) is 0 Å². The summed E-state index contributed by atoms with van der Waals surface area (Å²) in [4.78, 5) is 15.6. The molecule has 0 fully saturated rings. The molecule has 0 N–H and O–H groups in total. The van der Waals surface area contributed by atoms with Gasteiger partial charge < -0.3 is 4.74 Å². The van der Waals surface area contributed by atoms with E-state index in [9.17, 15) is 4.79 Å². The Hall–Kier alpha value is -1.42. The third-order valence-electron chi connectivity index (χ3n) is 2.49. The van der Waals surface area contributed by atoms with E-state index >= 15 is 0 Å². The SMILES string of the molecule is CC(=O)OC1(c2ccccn2)C=C(Br)C=CC1. The number of esters is 1. The van der Waals surface area contributed by atoms with E-state index in [1.54, 1.807) is 6.20 Å². The van der Waals surface area contributed by atoms with Gasteiger partial charge in [-0.25, -0.2) is 0 Å². The highest BCUT2D eigenvalue weighted by Crippen LogP contribution is 2.36. The largest absolute Gasteiger partial charge is 0.448 e. The first-order valence-electron chi connectivity index (χ1n) is 5.28. The average molecular weight is 294 g/mol. The van der Waals surface area contributed by atoms with Crippen LogP contribution in [0, 0.1) is 0 Å². The van der Waals surface area contributed by atoms with Gasteiger partial charge in [-0.15, -0.1) is 0 Å². The van der Waals surface area contributed by atoms with E-state index in [0.717, 1.165) is 10.2 Å². The molecule has 17 heavy (non-hydrogen) atoms. The van der Waals surface area contributed by atoms with Gasteiger partial charge >= 0.3 is 5.97 Å². The van der Waals surface area contributed by atoms with Crippen LogP contribution in [0.3, 0.4) is 0 Å². The molecule has 88 valence electrons. The minimum absolute atomic E-state index is 0.317. The second-order valence-electron chi connectivity index (χ2n) is 3.83. The molecule has 0 saturated heterocycles. The van der Waals surface area contributed by atoms with Crippen LogP contribution in [0.2, 0.25) is 0 Å². The fourth-order valence-electron chi connectivity index (χ4n) is 1.85. The van der Waals surface area contributed by atoms with Crippen LogP contribution in [0.4, 0.5) is 0 Å². The molecule has 1 heterocycles. The maximum Gasteiger partial charge on any atom is 0.303 e. The average Bonchev–Trinajstić information content (AvgIpc) is 2.29. The number of allylic oxidation sites excluding steroid dienone is 2. The number of rotatable bonds is 2. The van der Waals surface area contributed by atoms with E-state index in [2.05, 4.69) is 20.9 Å². The lowest BCUT2D eigenvalue weighted by Crippen LogP contribution is -2.31. The summed E-state index contributed by atoms with van der Waals surface area (Å²) in [6, 6.07) is 5.58. The van der Waals surface area contributed by atoms with E-state index in [4.69, 9.17) is 4.74 Å². The van der Waals surface area contributed by atoms with Crippen LogP contribution in [0.25, 0.3) is 0 Å². The number of pyridine rings is 1. The second kappa shape index (κ2) is 4.84. The number of aromatic nitrogens is 1. The Balaban J connectivity index is 2.45. The molecule has 1 aromatic heterocycles. The monoisotopic (exact) mass is 293 g/mol. The van der Waals surface area contributed by atoms with Gasteiger partial charge in [0.25, 0.3) is 0 Å². The number of carbonyl (C=O) groups excluding carboxylic acids is 1. The normalized spacial score (nSPS) is 23.1. The topological polar surface area (TPSA) is 39.2 Å². The van der Waals surface area contributed by atoms with Crippen LogP contribution < -0.4 is 0 Å². The molecule has 0 amide bonds. The Bertz CT molecular complexity index is 481. The number of carbonyl (C=O) groups is 1. The molecule has 1 atom stereocenters. The molecule has 1 aromatic rings. The smallest absolute Gasteiger partial charge is 0.303 e. The second-order valence-corrected chi connectivity index (χ2v) is 4.75. The molecule has 0 aromatic carbocycles. The van der Waals surface area contributed by atoms with Crippen molar-refractivity contribution in [3.05, 3.63) is 52.8 Å². The van der Waals surface area contributed by atoms with Crippen LogP contribution in [-0.4, -0.2) is 11.0 Å². The summed E-state index contributed by atoms with van der Waals surface area (Å²) in [5.74, 6) is -0.317. The fraction of sp³-hybridized carbons (Fsp3) is 0.231. The van der Waals surface area contributed by atoms with E-state index < -0.39 is 5.60 Å². The van der Waals surface area contributed by atoms with Gasteiger partial charge in [-0.3, -0.25) is 9.78 Å². The van der Waals surface area contributed by atoms with Gasteiger partial charge in [-0.1, -0.05) is 34.1 Å². The lowest BCUT2D eigenvalue weighted by molar-refractivity contribution is -0.153. The molecule has 2 rings (SSSR count). The predicted octanol–water partition coefficient (Wildman–Crippen LogP) is 3.08. The first kappa shape index (κ1) is 12.0. The van der Waals surface area contributed by atoms with Crippen molar-refractivity contribution in [3.8, 4) is 0 Å². The van der Waals surface area contributed by atoms with Gasteiger partial charge in [0.05, 0.1) is 5.69 Å². The van der Waals surface area contributed by atoms with E-state index in [1.807, 2.05) is 36.4 Å². The third kappa shape index (κ3) is 2.64. The number of halogens is 1. The summed E-state index contributed by atoms with van der Waals surface area (Å²) in [5, 5.41) is 0. The zero-order valence-corrected chi connectivity index (χ0v) is 11.0. The van der Waals surface area contributed by atoms with Crippen LogP contribution in [0.1, 0.15) is 19.0 Å². The van der Waals surface area contributed by atoms with Gasteiger partial charge in [-0.05, 0) is 18.2 Å². The van der Waals surface area contributed by atoms with Gasteiger partial charge in [-0.2, -0.15) is 0 Å². The van der Waals surface area contributed by atoms with Crippen molar-refractivity contribution in [2.45, 2.75) is 18.9 Å². The summed E-state index contributed by atoms with van der Waals surface area (Å²) < 4.78 is 6.36. The molecule has 0 radical (unpaired) electrons. The highest BCUT2D eigenvalue weighted by molar-refractivity contribution is 9.11. The Kier molecular flexibility index (Phi) is 3.43. The summed E-state index contributed by atoms with van der Waals surface area (Å²) >= 11 is 3.41. The Morgan fingerprint density at radius 2 is 2.35 bits per heavy atom. The van der Waals surface area contributed by atoms with E-state index in [1.165, 1.54) is 6.92 Å². The van der Waals surface area contributed by atoms with Crippen molar-refractivity contribution in [2.24, 2.45) is 0 Å². The molecule has 1 aliphatic carbocycles. The van der Waals surface area contributed by atoms with Crippen molar-refractivity contribution >= 4 is 21.9 Å². The Morgan fingerprint density at radius 1 is 1.53 bits per heavy atom. The molecule has 1 unspecified atom stereocenters. The maximum atomic E-state index is 11.3. The Morgan fingerprint density at radius 3 is 2.94 bits per heavy atom. The molecule has 0 aliphatic heterocycles. The quantitative estimate of drug-likeness (QED) is 0.787. The highest BCUT2D eigenvalue weighted by Gasteiger charge is 2.35. The third-order valence-corrected chi connectivity index (χ3v) is 2.99. The molecule has 0 bridgehead atoms. The van der Waals surface area contributed by atoms with Crippen LogP contribution in [0.5, 0.6) is 0 Å². The maximum absolute atomic E-state index is 11.3. The zero-order chi connectivity index (χ0) is 12.3. The first-order chi connectivity index (χ1) is 8.12. The van der Waals surface area contributed by atoms with Crippen LogP contribution >= 0.6 is 15.9 Å². The van der Waals surface area contributed by atoms with Crippen LogP contribution in [-0.2, 0) is 15.1 Å². The van der Waals surface area contributed by atoms with Crippen molar-refractivity contribution in [1.29, 1.82) is 0 Å². The standard InChI is InChI=1S/C13H12BrNO2/c1-10(16)17-13(7-4-5-11(14)9-13)12-6-2-3-8-15-12/h2-6,8-9H,7H2,1H3. The number of ether oxygens (including phenoxy) is 1. The summed E-state index contributed by atoms with van der Waals surface area (Å²) in [7, 11) is 0. The number of hydrogen-bond acceptors (Lipinski definition) is 3. The van der Waals surface area contributed by atoms with Gasteiger partial charge in [0.15, 0.2) is 5.60 Å². The zero-order valence-electron chi connectivity index (χ0n) is 9.39. The fourth-order valence-corrected chi connectivity index (χ4v) is 2.40. The van der Waals surface area contributed by atoms with Crippen LogP contribution in [0.15, 0.2) is 47.1 Å². The lowest BCUT2D eigenvalue weighted by atomic mass is 9.91. The molecule has 0 saturated carbocycles. The van der Waals surface area contributed by atoms with Gasteiger partial charge in [0.2, 0.25) is 0 Å². The molecule has 0 spiro atoms. The lowest BCUT2D eigenvalue weighted by Gasteiger charge is -2.30. The molecular weight excluding hydrogens is 282 g/mol. The first-order valence-corrected chi connectivity index (χ1v) is 6.08. The van der Waals surface area contributed by atoms with Crippen molar-refractivity contribution in [2.75, 3.05) is 0 Å². The minimum Gasteiger partial charge on any atom is -0.448 e. The Labute approximate surface area is 108 Å². The van der Waals surface area contributed by atoms with Crippen molar-refractivity contribution in [3.63, 3.8) is 0 Å². The summed E-state index contributed by atoms with van der Waals surface area (Å²) in [5.41, 5.74) is -0.0581. The summed E-state index contributed by atoms with van der Waals surface area (Å²) in [6.45, 7) is 1.41. The molecular formula is C13H12BrNO2. The predicted molar refractivity (Wildman–Crippen MR) is 68.4 cm³/mol. The molecule has 3 nitrogen and oxygen atoms in total. The molecule has 1 aliphatic rings. The highest BCUT2D eigenvalue weighted by atomic mass is 79.9. The van der Waals surface area contributed by atoms with Gasteiger partial charge in [0, 0.05) is 24.0 Å². The number of hydrogen-bond donors (Lipinski definition) is 0. The number of nitrogens with zero attached hydrogens (tertiary/aromatic N) is 1.